The first-order valence-corrected chi connectivity index (χ1v) is 5.06. The molecule has 1 saturated heterocycles. The summed E-state index contributed by atoms with van der Waals surface area (Å²) in [4.78, 5) is 4.56. The van der Waals surface area contributed by atoms with Gasteiger partial charge in [0.2, 0.25) is 0 Å². The molecule has 5 heteroatoms. The lowest BCUT2D eigenvalue weighted by molar-refractivity contribution is -0.0803. The van der Waals surface area contributed by atoms with Gasteiger partial charge in [0.25, 0.3) is 0 Å². The predicted molar refractivity (Wildman–Crippen MR) is 57.2 cm³/mol. The molecule has 0 amide bonds. The van der Waals surface area contributed by atoms with Crippen LogP contribution in [0.25, 0.3) is 0 Å². The van der Waals surface area contributed by atoms with E-state index in [1.807, 2.05) is 18.2 Å². The van der Waals surface area contributed by atoms with Crippen LogP contribution in [0, 0.1) is 0 Å². The van der Waals surface area contributed by atoms with Crippen molar-refractivity contribution in [3.05, 3.63) is 23.8 Å². The Morgan fingerprint density at radius 2 is 2.19 bits per heavy atom. The highest BCUT2D eigenvalue weighted by Crippen LogP contribution is 2.30. The SMILES string of the molecule is COc1cc(CON)ccc1OC1COC1. The molecule has 0 aliphatic carbocycles. The maximum absolute atomic E-state index is 5.68. The normalized spacial score (nSPS) is 15.6. The third kappa shape index (κ3) is 2.44. The van der Waals surface area contributed by atoms with E-state index in [4.69, 9.17) is 20.1 Å². The Labute approximate surface area is 94.0 Å². The van der Waals surface area contributed by atoms with Gasteiger partial charge in [0, 0.05) is 0 Å². The lowest BCUT2D eigenvalue weighted by Crippen LogP contribution is -2.38. The van der Waals surface area contributed by atoms with Crippen molar-refractivity contribution in [3.8, 4) is 11.5 Å². The highest BCUT2D eigenvalue weighted by atomic mass is 16.6. The average molecular weight is 225 g/mol. The molecule has 1 heterocycles. The van der Waals surface area contributed by atoms with Crippen molar-refractivity contribution in [1.29, 1.82) is 0 Å². The number of rotatable bonds is 5. The van der Waals surface area contributed by atoms with Crippen molar-refractivity contribution in [2.75, 3.05) is 20.3 Å². The van der Waals surface area contributed by atoms with Gasteiger partial charge in [-0.2, -0.15) is 0 Å². The number of ether oxygens (including phenoxy) is 3. The zero-order chi connectivity index (χ0) is 11.4. The van der Waals surface area contributed by atoms with Crippen molar-refractivity contribution >= 4 is 0 Å². The van der Waals surface area contributed by atoms with Crippen molar-refractivity contribution in [1.82, 2.24) is 0 Å². The summed E-state index contributed by atoms with van der Waals surface area (Å²) in [5, 5.41) is 0. The summed E-state index contributed by atoms with van der Waals surface area (Å²) in [5.41, 5.74) is 0.941. The molecule has 88 valence electrons. The Morgan fingerprint density at radius 1 is 1.38 bits per heavy atom. The highest BCUT2D eigenvalue weighted by Gasteiger charge is 2.21. The summed E-state index contributed by atoms with van der Waals surface area (Å²) in [6, 6.07) is 5.59. The van der Waals surface area contributed by atoms with Gasteiger partial charge in [-0.3, -0.25) is 4.84 Å². The quantitative estimate of drug-likeness (QED) is 0.753. The number of nitrogens with two attached hydrogens (primary N) is 1. The molecule has 0 unspecified atom stereocenters. The minimum Gasteiger partial charge on any atom is -0.493 e. The minimum absolute atomic E-state index is 0.130. The first-order chi connectivity index (χ1) is 7.83. The minimum atomic E-state index is 0.130. The molecule has 1 aliphatic heterocycles. The van der Waals surface area contributed by atoms with E-state index in [-0.39, 0.29) is 6.10 Å². The van der Waals surface area contributed by atoms with E-state index in [0.717, 1.165) is 11.3 Å². The van der Waals surface area contributed by atoms with Crippen LogP contribution in [0.2, 0.25) is 0 Å². The van der Waals surface area contributed by atoms with Gasteiger partial charge < -0.3 is 14.2 Å². The van der Waals surface area contributed by atoms with Crippen LogP contribution < -0.4 is 15.4 Å². The first kappa shape index (κ1) is 11.2. The zero-order valence-electron chi connectivity index (χ0n) is 9.14. The van der Waals surface area contributed by atoms with Crippen LogP contribution >= 0.6 is 0 Å². The summed E-state index contributed by atoms with van der Waals surface area (Å²) in [7, 11) is 1.60. The zero-order valence-corrected chi connectivity index (χ0v) is 9.14. The molecule has 1 aliphatic rings. The van der Waals surface area contributed by atoms with Gasteiger partial charge in [-0.1, -0.05) is 6.07 Å². The summed E-state index contributed by atoms with van der Waals surface area (Å²) in [6.07, 6.45) is 0.130. The van der Waals surface area contributed by atoms with E-state index in [1.54, 1.807) is 7.11 Å². The van der Waals surface area contributed by atoms with Gasteiger partial charge in [0.15, 0.2) is 11.5 Å². The van der Waals surface area contributed by atoms with E-state index in [1.165, 1.54) is 0 Å². The van der Waals surface area contributed by atoms with Crippen molar-refractivity contribution in [2.24, 2.45) is 5.90 Å². The highest BCUT2D eigenvalue weighted by molar-refractivity contribution is 5.43. The molecule has 0 atom stereocenters. The fraction of sp³-hybridized carbons (Fsp3) is 0.455. The maximum Gasteiger partial charge on any atom is 0.161 e. The van der Waals surface area contributed by atoms with Gasteiger partial charge in [0.1, 0.15) is 6.10 Å². The Kier molecular flexibility index (Phi) is 3.61. The van der Waals surface area contributed by atoms with E-state index >= 15 is 0 Å². The molecule has 0 aromatic heterocycles. The standard InChI is InChI=1S/C11H15NO4/c1-13-11-4-8(5-15-12)2-3-10(11)16-9-6-14-7-9/h2-4,9H,5-7,12H2,1H3. The lowest BCUT2D eigenvalue weighted by Gasteiger charge is -2.27. The summed E-state index contributed by atoms with van der Waals surface area (Å²) in [6.45, 7) is 1.62. The molecule has 5 nitrogen and oxygen atoms in total. The summed E-state index contributed by atoms with van der Waals surface area (Å²) in [5.74, 6) is 6.41. The van der Waals surface area contributed by atoms with E-state index < -0.39 is 0 Å². The molecule has 2 rings (SSSR count). The fourth-order valence-corrected chi connectivity index (χ4v) is 1.46. The molecular weight excluding hydrogens is 210 g/mol. The van der Waals surface area contributed by atoms with Gasteiger partial charge in [0.05, 0.1) is 26.9 Å². The third-order valence-corrected chi connectivity index (χ3v) is 2.38. The van der Waals surface area contributed by atoms with Crippen molar-refractivity contribution in [3.63, 3.8) is 0 Å². The van der Waals surface area contributed by atoms with Crippen LogP contribution in [-0.4, -0.2) is 26.4 Å². The molecule has 1 aromatic rings. The molecule has 0 radical (unpaired) electrons. The topological polar surface area (TPSA) is 62.9 Å². The van der Waals surface area contributed by atoms with E-state index in [2.05, 4.69) is 4.84 Å². The second-order valence-corrected chi connectivity index (χ2v) is 3.57. The summed E-state index contributed by atoms with van der Waals surface area (Å²) >= 11 is 0. The van der Waals surface area contributed by atoms with Crippen LogP contribution in [0.1, 0.15) is 5.56 Å². The molecule has 16 heavy (non-hydrogen) atoms. The second-order valence-electron chi connectivity index (χ2n) is 3.57. The van der Waals surface area contributed by atoms with Crippen LogP contribution in [0.4, 0.5) is 0 Å². The van der Waals surface area contributed by atoms with Crippen LogP contribution in [0.15, 0.2) is 18.2 Å². The van der Waals surface area contributed by atoms with Crippen molar-refractivity contribution < 1.29 is 19.0 Å². The Hall–Kier alpha value is -1.30. The first-order valence-electron chi connectivity index (χ1n) is 5.06. The van der Waals surface area contributed by atoms with Gasteiger partial charge in [-0.05, 0) is 17.7 Å². The Morgan fingerprint density at radius 3 is 2.75 bits per heavy atom. The smallest absolute Gasteiger partial charge is 0.161 e. The largest absolute Gasteiger partial charge is 0.493 e. The molecule has 0 saturated carbocycles. The second kappa shape index (κ2) is 5.16. The number of benzene rings is 1. The van der Waals surface area contributed by atoms with Crippen molar-refractivity contribution in [2.45, 2.75) is 12.7 Å². The number of hydrogen-bond donors (Lipinski definition) is 1. The number of hydrogen-bond acceptors (Lipinski definition) is 5. The maximum atomic E-state index is 5.68. The third-order valence-electron chi connectivity index (χ3n) is 2.38. The molecule has 0 spiro atoms. The van der Waals surface area contributed by atoms with Crippen LogP contribution in [0.3, 0.4) is 0 Å². The average Bonchev–Trinajstić information content (AvgIpc) is 2.25. The van der Waals surface area contributed by atoms with Crippen LogP contribution in [0.5, 0.6) is 11.5 Å². The van der Waals surface area contributed by atoms with Gasteiger partial charge >= 0.3 is 0 Å². The number of methoxy groups -OCH3 is 1. The van der Waals surface area contributed by atoms with E-state index in [0.29, 0.717) is 25.6 Å². The Bertz CT molecular complexity index is 352. The molecular formula is C11H15NO4. The molecule has 1 aromatic carbocycles. The molecule has 0 bridgehead atoms. The molecule has 1 fully saturated rings. The monoisotopic (exact) mass is 225 g/mol. The van der Waals surface area contributed by atoms with E-state index in [9.17, 15) is 0 Å². The Balaban J connectivity index is 2.10. The lowest BCUT2D eigenvalue weighted by atomic mass is 10.2. The molecule has 2 N–H and O–H groups in total. The van der Waals surface area contributed by atoms with Gasteiger partial charge in [-0.25, -0.2) is 5.90 Å². The predicted octanol–water partition coefficient (Wildman–Crippen LogP) is 0.863. The fourth-order valence-electron chi connectivity index (χ4n) is 1.46. The summed E-state index contributed by atoms with van der Waals surface area (Å²) < 4.78 is 16.0. The van der Waals surface area contributed by atoms with Gasteiger partial charge in [-0.15, -0.1) is 0 Å². The van der Waals surface area contributed by atoms with Crippen LogP contribution in [-0.2, 0) is 16.2 Å².